The molecule has 26 valence electrons. The molecule has 0 N–H and O–H groups in total. The maximum Gasteiger partial charge on any atom is 0.187 e. The van der Waals surface area contributed by atoms with E-state index >= 15 is 0 Å². The summed E-state index contributed by atoms with van der Waals surface area (Å²) >= 11 is 9.53. The second kappa shape index (κ2) is 8.93. The van der Waals surface area contributed by atoms with E-state index in [9.17, 15) is 0 Å². The minimum absolute atomic E-state index is 0. The fourth-order valence-corrected chi connectivity index (χ4v) is 0. The Bertz CT molecular complexity index is 6.00. The molecule has 0 amide bonds. The number of alkyl halides is 2. The van der Waals surface area contributed by atoms with Gasteiger partial charge < -0.3 is 0 Å². The molecular formula is CH5AlCl2. The SMILES string of the molecule is ClCCl.[AlH3]. The lowest BCUT2D eigenvalue weighted by Gasteiger charge is -1.42. The highest BCUT2D eigenvalue weighted by atomic mass is 35.5. The van der Waals surface area contributed by atoms with E-state index in [-0.39, 0.29) is 22.7 Å². The van der Waals surface area contributed by atoms with Crippen LogP contribution in [0.25, 0.3) is 0 Å². The van der Waals surface area contributed by atoms with Crippen LogP contribution >= 0.6 is 23.2 Å². The van der Waals surface area contributed by atoms with Gasteiger partial charge >= 0.3 is 0 Å². The molecule has 0 unspecified atom stereocenters. The Morgan fingerprint density at radius 1 is 1.25 bits per heavy atom. The molecule has 0 aromatic heterocycles. The average molecular weight is 115 g/mol. The molecular weight excluding hydrogens is 110 g/mol. The normalized spacial score (nSPS) is 4.50. The van der Waals surface area contributed by atoms with Gasteiger partial charge in [-0.05, 0) is 0 Å². The van der Waals surface area contributed by atoms with E-state index in [1.54, 1.807) is 0 Å². The van der Waals surface area contributed by atoms with Crippen molar-refractivity contribution < 1.29 is 0 Å². The first-order chi connectivity index (χ1) is 1.41. The van der Waals surface area contributed by atoms with Gasteiger partial charge in [-0.3, -0.25) is 0 Å². The third kappa shape index (κ3) is 11.2. The number of rotatable bonds is 0. The van der Waals surface area contributed by atoms with Crippen molar-refractivity contribution in [2.75, 3.05) is 5.34 Å². The summed E-state index contributed by atoms with van der Waals surface area (Å²) in [7, 11) is 0. The highest BCUT2D eigenvalue weighted by molar-refractivity contribution is 6.40. The Morgan fingerprint density at radius 2 is 1.25 bits per heavy atom. The standard InChI is InChI=1S/CH2Cl2.Al.3H/c2-1-3;;;;/h1H2;;;;. The van der Waals surface area contributed by atoms with Crippen LogP contribution in [0.3, 0.4) is 0 Å². The van der Waals surface area contributed by atoms with Gasteiger partial charge in [0.1, 0.15) is 0 Å². The highest BCUT2D eigenvalue weighted by Crippen LogP contribution is 1.73. The zero-order valence-electron chi connectivity index (χ0n) is 1.46. The second-order valence-electron chi connectivity index (χ2n) is 0.101. The lowest BCUT2D eigenvalue weighted by Crippen LogP contribution is -1.24. The summed E-state index contributed by atoms with van der Waals surface area (Å²) in [6, 6.07) is 0. The summed E-state index contributed by atoms with van der Waals surface area (Å²) < 4.78 is 0. The lowest BCUT2D eigenvalue weighted by molar-refractivity contribution is 2.20. The first kappa shape index (κ1) is 8.93. The van der Waals surface area contributed by atoms with Crippen LogP contribution in [0.15, 0.2) is 0 Å². The van der Waals surface area contributed by atoms with E-state index in [4.69, 9.17) is 23.2 Å². The maximum absolute atomic E-state index is 4.76. The van der Waals surface area contributed by atoms with Gasteiger partial charge in [-0.25, -0.2) is 0 Å². The van der Waals surface area contributed by atoms with Crippen LogP contribution in [0.2, 0.25) is 0 Å². The van der Waals surface area contributed by atoms with Crippen molar-refractivity contribution in [1.29, 1.82) is 0 Å². The number of halogens is 2. The largest absolute Gasteiger partial charge is 0.187 e. The summed E-state index contributed by atoms with van der Waals surface area (Å²) in [6.07, 6.45) is 0. The van der Waals surface area contributed by atoms with Crippen LogP contribution in [-0.2, 0) is 0 Å². The molecule has 0 aliphatic carbocycles. The van der Waals surface area contributed by atoms with Crippen LogP contribution in [0.5, 0.6) is 0 Å². The zero-order valence-corrected chi connectivity index (χ0v) is 2.97. The summed E-state index contributed by atoms with van der Waals surface area (Å²) in [4.78, 5) is 0. The Balaban J connectivity index is 0. The van der Waals surface area contributed by atoms with E-state index in [0.717, 1.165) is 0 Å². The maximum atomic E-state index is 4.76. The topological polar surface area (TPSA) is 0 Å². The predicted octanol–water partition coefficient (Wildman–Crippen LogP) is 0.238. The molecule has 0 aromatic carbocycles. The summed E-state index contributed by atoms with van der Waals surface area (Å²) in [5.74, 6) is 0. The third-order valence-electron chi connectivity index (χ3n) is 0. The molecule has 0 fully saturated rings. The van der Waals surface area contributed by atoms with Gasteiger partial charge in [0, 0.05) is 0 Å². The van der Waals surface area contributed by atoms with Gasteiger partial charge in [0.05, 0.1) is 5.34 Å². The lowest BCUT2D eigenvalue weighted by atomic mass is 11.9. The molecule has 3 heteroatoms. The smallest absolute Gasteiger partial charge is 0.109 e. The number of hydrogen-bond donors (Lipinski definition) is 0. The minimum Gasteiger partial charge on any atom is -0.109 e. The van der Waals surface area contributed by atoms with E-state index in [1.165, 1.54) is 0 Å². The van der Waals surface area contributed by atoms with Crippen LogP contribution in [0, 0.1) is 0 Å². The van der Waals surface area contributed by atoms with E-state index in [1.807, 2.05) is 0 Å². The van der Waals surface area contributed by atoms with E-state index in [2.05, 4.69) is 0 Å². The summed E-state index contributed by atoms with van der Waals surface area (Å²) in [6.45, 7) is 0. The van der Waals surface area contributed by atoms with Gasteiger partial charge in [-0.1, -0.05) is 0 Å². The predicted molar refractivity (Wildman–Crippen MR) is 26.5 cm³/mol. The van der Waals surface area contributed by atoms with Gasteiger partial charge in [0.25, 0.3) is 0 Å². The summed E-state index contributed by atoms with van der Waals surface area (Å²) in [5.41, 5.74) is 0. The molecule has 0 nitrogen and oxygen atoms in total. The van der Waals surface area contributed by atoms with Gasteiger partial charge in [0.2, 0.25) is 0 Å². The molecule has 0 bridgehead atoms. The van der Waals surface area contributed by atoms with Crippen molar-refractivity contribution in [3.05, 3.63) is 0 Å². The number of hydrogen-bond acceptors (Lipinski definition) is 0. The summed E-state index contributed by atoms with van der Waals surface area (Å²) in [5, 5.41) is 0.194. The quantitative estimate of drug-likeness (QED) is 0.313. The molecule has 0 heterocycles. The minimum atomic E-state index is 0. The average Bonchev–Trinajstić information content (AvgIpc) is 0.918. The first-order valence-electron chi connectivity index (χ1n) is 0.535. The Hall–Kier alpha value is 1.11. The second-order valence-corrected chi connectivity index (χ2v) is 0.909. The van der Waals surface area contributed by atoms with Crippen LogP contribution in [0.4, 0.5) is 0 Å². The third-order valence-corrected chi connectivity index (χ3v) is 0. The highest BCUT2D eigenvalue weighted by Gasteiger charge is 1.41. The Kier molecular flexibility index (Phi) is 19.9. The van der Waals surface area contributed by atoms with Gasteiger partial charge in [0.15, 0.2) is 17.4 Å². The molecule has 0 spiro atoms. The molecule has 0 rings (SSSR count). The monoisotopic (exact) mass is 114 g/mol. The first-order valence-corrected chi connectivity index (χ1v) is 1.60. The van der Waals surface area contributed by atoms with E-state index in [0.29, 0.717) is 0 Å². The van der Waals surface area contributed by atoms with Crippen molar-refractivity contribution in [2.24, 2.45) is 0 Å². The van der Waals surface area contributed by atoms with Crippen LogP contribution in [0.1, 0.15) is 0 Å². The Labute approximate surface area is 46.2 Å². The van der Waals surface area contributed by atoms with Crippen molar-refractivity contribution in [2.45, 2.75) is 0 Å². The van der Waals surface area contributed by atoms with Gasteiger partial charge in [-0.15, -0.1) is 23.2 Å². The molecule has 0 saturated heterocycles. The molecule has 0 atom stereocenters. The van der Waals surface area contributed by atoms with Crippen molar-refractivity contribution in [3.8, 4) is 0 Å². The van der Waals surface area contributed by atoms with E-state index < -0.39 is 0 Å². The fourth-order valence-electron chi connectivity index (χ4n) is 0. The van der Waals surface area contributed by atoms with Crippen molar-refractivity contribution in [3.63, 3.8) is 0 Å². The van der Waals surface area contributed by atoms with Crippen molar-refractivity contribution >= 4 is 40.6 Å². The molecule has 0 aliphatic rings. The molecule has 0 aliphatic heterocycles. The van der Waals surface area contributed by atoms with Gasteiger partial charge in [-0.2, -0.15) is 0 Å². The van der Waals surface area contributed by atoms with Crippen LogP contribution in [-0.4, -0.2) is 22.7 Å². The molecule has 4 heavy (non-hydrogen) atoms. The van der Waals surface area contributed by atoms with Crippen LogP contribution < -0.4 is 0 Å². The molecule has 0 radical (unpaired) electrons. The fraction of sp³-hybridized carbons (Fsp3) is 1.00. The molecule has 0 saturated carbocycles. The Morgan fingerprint density at radius 3 is 1.25 bits per heavy atom. The van der Waals surface area contributed by atoms with Crippen molar-refractivity contribution in [1.82, 2.24) is 0 Å². The molecule has 0 aromatic rings. The zero-order chi connectivity index (χ0) is 2.71.